The van der Waals surface area contributed by atoms with Crippen molar-refractivity contribution in [2.45, 2.75) is 0 Å². The smallest absolute Gasteiger partial charge is 0.305 e. The van der Waals surface area contributed by atoms with Crippen LogP contribution in [0.25, 0.3) is 0 Å². The molecule has 104 valence electrons. The third kappa shape index (κ3) is 3.14. The van der Waals surface area contributed by atoms with Gasteiger partial charge in [0.15, 0.2) is 0 Å². The van der Waals surface area contributed by atoms with Crippen LogP contribution in [-0.4, -0.2) is 13.1 Å². The second-order valence-corrected chi connectivity index (χ2v) is 4.92. The number of hydrogen-bond donors (Lipinski definition) is 1. The van der Waals surface area contributed by atoms with E-state index in [0.717, 1.165) is 22.7 Å². The Morgan fingerprint density at radius 1 is 1.20 bits per heavy atom. The van der Waals surface area contributed by atoms with E-state index >= 15 is 0 Å². The Labute approximate surface area is 123 Å². The summed E-state index contributed by atoms with van der Waals surface area (Å²) in [6.45, 7) is 0. The average Bonchev–Trinajstić information content (AvgIpc) is 2.42. The molecule has 0 heterocycles. The van der Waals surface area contributed by atoms with Crippen molar-refractivity contribution < 1.29 is 13.6 Å². The van der Waals surface area contributed by atoms with E-state index in [0.29, 0.717) is 5.69 Å². The fourth-order valence-electron chi connectivity index (χ4n) is 1.63. The fraction of sp³-hybridized carbons (Fsp3) is 0.0714. The molecule has 0 spiro atoms. The molecule has 2 amide bonds. The number of carbonyl (C=O) groups is 1. The van der Waals surface area contributed by atoms with Crippen LogP contribution < -0.4 is 10.2 Å². The van der Waals surface area contributed by atoms with E-state index in [9.17, 15) is 13.6 Å². The maximum atomic E-state index is 13.5. The molecule has 0 unspecified atom stereocenters. The number of anilines is 2. The van der Waals surface area contributed by atoms with Gasteiger partial charge >= 0.3 is 6.03 Å². The topological polar surface area (TPSA) is 32.3 Å². The first-order chi connectivity index (χ1) is 9.49. The van der Waals surface area contributed by atoms with Crippen LogP contribution in [0.2, 0.25) is 0 Å². The molecule has 2 aromatic rings. The Morgan fingerprint density at radius 2 is 1.90 bits per heavy atom. The maximum absolute atomic E-state index is 13.5. The standard InChI is InChI=1S/C14H11BrF2N2O/c1-19(13-5-3-2-4-10(13)15)14(20)18-12-8-9(16)6-7-11(12)17/h2-8H,1H3,(H,18,20). The molecule has 0 fully saturated rings. The van der Waals surface area contributed by atoms with Crippen LogP contribution >= 0.6 is 15.9 Å². The summed E-state index contributed by atoms with van der Waals surface area (Å²) in [5.41, 5.74) is 0.413. The monoisotopic (exact) mass is 340 g/mol. The first kappa shape index (κ1) is 14.5. The Hall–Kier alpha value is -1.95. The molecule has 20 heavy (non-hydrogen) atoms. The number of carbonyl (C=O) groups excluding carboxylic acids is 1. The van der Waals surface area contributed by atoms with Gasteiger partial charge in [-0.15, -0.1) is 0 Å². The lowest BCUT2D eigenvalue weighted by Gasteiger charge is -2.19. The van der Waals surface area contributed by atoms with Crippen molar-refractivity contribution in [3.05, 3.63) is 58.6 Å². The summed E-state index contributed by atoms with van der Waals surface area (Å²) < 4.78 is 27.2. The third-order valence-electron chi connectivity index (χ3n) is 2.69. The molecule has 6 heteroatoms. The van der Waals surface area contributed by atoms with Crippen molar-refractivity contribution in [2.24, 2.45) is 0 Å². The first-order valence-electron chi connectivity index (χ1n) is 5.73. The number of hydrogen-bond acceptors (Lipinski definition) is 1. The minimum Gasteiger partial charge on any atom is -0.305 e. The van der Waals surface area contributed by atoms with Gasteiger partial charge in [0.1, 0.15) is 11.6 Å². The molecule has 0 atom stereocenters. The number of amides is 2. The Bertz CT molecular complexity index is 649. The molecular formula is C14H11BrF2N2O. The second-order valence-electron chi connectivity index (χ2n) is 4.06. The predicted octanol–water partition coefficient (Wildman–Crippen LogP) is 4.40. The van der Waals surface area contributed by atoms with E-state index in [1.165, 1.54) is 11.9 Å². The van der Waals surface area contributed by atoms with Crippen LogP contribution in [-0.2, 0) is 0 Å². The average molecular weight is 341 g/mol. The number of nitrogens with one attached hydrogen (secondary N) is 1. The van der Waals surface area contributed by atoms with E-state index in [1.807, 2.05) is 6.07 Å². The highest BCUT2D eigenvalue weighted by Gasteiger charge is 2.15. The molecule has 1 N–H and O–H groups in total. The summed E-state index contributed by atoms with van der Waals surface area (Å²) in [4.78, 5) is 13.3. The number of urea groups is 1. The Morgan fingerprint density at radius 3 is 2.60 bits per heavy atom. The summed E-state index contributed by atoms with van der Waals surface area (Å²) in [5, 5.41) is 2.33. The number of nitrogens with zero attached hydrogens (tertiary/aromatic N) is 1. The maximum Gasteiger partial charge on any atom is 0.326 e. The number of rotatable bonds is 2. The summed E-state index contributed by atoms with van der Waals surface area (Å²) >= 11 is 3.32. The van der Waals surface area contributed by atoms with Crippen molar-refractivity contribution in [3.63, 3.8) is 0 Å². The molecule has 2 rings (SSSR count). The highest BCUT2D eigenvalue weighted by atomic mass is 79.9. The highest BCUT2D eigenvalue weighted by Crippen LogP contribution is 2.25. The van der Waals surface area contributed by atoms with E-state index in [1.54, 1.807) is 18.2 Å². The second kappa shape index (κ2) is 6.00. The number of para-hydroxylation sites is 1. The molecule has 0 bridgehead atoms. The zero-order valence-corrected chi connectivity index (χ0v) is 12.1. The Kier molecular flexibility index (Phi) is 4.34. The lowest BCUT2D eigenvalue weighted by atomic mass is 10.3. The molecule has 2 aromatic carbocycles. The van der Waals surface area contributed by atoms with Gasteiger partial charge in [-0.25, -0.2) is 13.6 Å². The lowest BCUT2D eigenvalue weighted by Crippen LogP contribution is -2.31. The lowest BCUT2D eigenvalue weighted by molar-refractivity contribution is 0.258. The van der Waals surface area contributed by atoms with Crippen molar-refractivity contribution in [2.75, 3.05) is 17.3 Å². The first-order valence-corrected chi connectivity index (χ1v) is 6.52. The van der Waals surface area contributed by atoms with Gasteiger partial charge in [0.2, 0.25) is 0 Å². The highest BCUT2D eigenvalue weighted by molar-refractivity contribution is 9.10. The van der Waals surface area contributed by atoms with Crippen molar-refractivity contribution in [1.29, 1.82) is 0 Å². The molecule has 0 aliphatic rings. The molecule has 0 aromatic heterocycles. The van der Waals surface area contributed by atoms with Crippen LogP contribution in [0.3, 0.4) is 0 Å². The summed E-state index contributed by atoms with van der Waals surface area (Å²) in [6.07, 6.45) is 0. The minimum atomic E-state index is -0.694. The van der Waals surface area contributed by atoms with Gasteiger partial charge < -0.3 is 5.32 Å². The molecule has 3 nitrogen and oxygen atoms in total. The zero-order chi connectivity index (χ0) is 14.7. The summed E-state index contributed by atoms with van der Waals surface area (Å²) in [5.74, 6) is -1.31. The molecular weight excluding hydrogens is 330 g/mol. The van der Waals surface area contributed by atoms with Crippen molar-refractivity contribution in [1.82, 2.24) is 0 Å². The molecule has 0 aliphatic carbocycles. The van der Waals surface area contributed by atoms with E-state index in [2.05, 4.69) is 21.2 Å². The van der Waals surface area contributed by atoms with Gasteiger partial charge in [0.25, 0.3) is 0 Å². The van der Waals surface area contributed by atoms with Gasteiger partial charge in [-0.1, -0.05) is 12.1 Å². The van der Waals surface area contributed by atoms with Gasteiger partial charge in [-0.05, 0) is 40.2 Å². The molecule has 0 aliphatic heterocycles. The summed E-state index contributed by atoms with van der Waals surface area (Å²) in [6, 6.07) is 9.40. The molecule has 0 saturated carbocycles. The summed E-state index contributed by atoms with van der Waals surface area (Å²) in [7, 11) is 1.53. The Balaban J connectivity index is 2.20. The van der Waals surface area contributed by atoms with Crippen LogP contribution in [0.4, 0.5) is 25.0 Å². The van der Waals surface area contributed by atoms with Crippen molar-refractivity contribution in [3.8, 4) is 0 Å². The molecule has 0 saturated heterocycles. The van der Waals surface area contributed by atoms with Gasteiger partial charge in [-0.2, -0.15) is 0 Å². The SMILES string of the molecule is CN(C(=O)Nc1cc(F)ccc1F)c1ccccc1Br. The van der Waals surface area contributed by atoms with E-state index < -0.39 is 17.7 Å². The van der Waals surface area contributed by atoms with Gasteiger partial charge in [0.05, 0.1) is 11.4 Å². The van der Waals surface area contributed by atoms with Crippen molar-refractivity contribution >= 4 is 33.3 Å². The fourth-order valence-corrected chi connectivity index (χ4v) is 2.18. The van der Waals surface area contributed by atoms with Crippen LogP contribution in [0.1, 0.15) is 0 Å². The van der Waals surface area contributed by atoms with Gasteiger partial charge in [-0.3, -0.25) is 4.90 Å². The van der Waals surface area contributed by atoms with Crippen LogP contribution in [0.5, 0.6) is 0 Å². The molecule has 0 radical (unpaired) electrons. The predicted molar refractivity (Wildman–Crippen MR) is 77.9 cm³/mol. The van der Waals surface area contributed by atoms with E-state index in [-0.39, 0.29) is 5.69 Å². The normalized spacial score (nSPS) is 10.2. The number of halogens is 3. The largest absolute Gasteiger partial charge is 0.326 e. The van der Waals surface area contributed by atoms with Crippen LogP contribution in [0.15, 0.2) is 46.9 Å². The van der Waals surface area contributed by atoms with E-state index in [4.69, 9.17) is 0 Å². The quantitative estimate of drug-likeness (QED) is 0.863. The number of benzene rings is 2. The third-order valence-corrected chi connectivity index (χ3v) is 3.36. The van der Waals surface area contributed by atoms with Crippen LogP contribution in [0, 0.1) is 11.6 Å². The zero-order valence-electron chi connectivity index (χ0n) is 10.5. The van der Waals surface area contributed by atoms with Gasteiger partial charge in [0, 0.05) is 17.6 Å². The minimum absolute atomic E-state index is 0.200.